The van der Waals surface area contributed by atoms with Crippen molar-refractivity contribution in [3.05, 3.63) is 157 Å². The van der Waals surface area contributed by atoms with Gasteiger partial charge in [0.25, 0.3) is 0 Å². The number of hydrogen-bond acceptors (Lipinski definition) is 4. The molecule has 1 saturated carbocycles. The van der Waals surface area contributed by atoms with Crippen molar-refractivity contribution in [2.24, 2.45) is 0 Å². The van der Waals surface area contributed by atoms with Gasteiger partial charge in [0.2, 0.25) is 0 Å². The van der Waals surface area contributed by atoms with E-state index in [0.717, 1.165) is 51.3 Å². The van der Waals surface area contributed by atoms with Gasteiger partial charge in [-0.1, -0.05) is 153 Å². The van der Waals surface area contributed by atoms with E-state index >= 15 is 0 Å². The predicted octanol–water partition coefficient (Wildman–Crippen LogP) is 11.2. The summed E-state index contributed by atoms with van der Waals surface area (Å²) in [6.07, 6.45) is 5.91. The number of aromatic nitrogens is 3. The third-order valence-corrected chi connectivity index (χ3v) is 11.8. The maximum absolute atomic E-state index is 12.8. The normalized spacial score (nSPS) is 14.4. The van der Waals surface area contributed by atoms with E-state index in [9.17, 15) is 4.57 Å². The zero-order valence-corrected chi connectivity index (χ0v) is 29.5. The highest BCUT2D eigenvalue weighted by Crippen LogP contribution is 2.46. The molecular weight excluding hydrogens is 629 g/mol. The van der Waals surface area contributed by atoms with Gasteiger partial charge in [0.1, 0.15) is 7.14 Å². The zero-order chi connectivity index (χ0) is 34.1. The van der Waals surface area contributed by atoms with Crippen molar-refractivity contribution in [2.45, 2.75) is 37.5 Å². The van der Waals surface area contributed by atoms with E-state index in [0.29, 0.717) is 17.5 Å². The fourth-order valence-corrected chi connectivity index (χ4v) is 8.41. The molecule has 8 rings (SSSR count). The average Bonchev–Trinajstić information content (AvgIpc) is 3.18. The molecule has 0 N–H and O–H groups in total. The van der Waals surface area contributed by atoms with Crippen LogP contribution in [0.1, 0.15) is 43.2 Å². The summed E-state index contributed by atoms with van der Waals surface area (Å²) in [7, 11) is -2.33. The van der Waals surface area contributed by atoms with Gasteiger partial charge in [0, 0.05) is 27.4 Å². The van der Waals surface area contributed by atoms with Crippen LogP contribution in [-0.4, -0.2) is 28.3 Å². The van der Waals surface area contributed by atoms with Crippen LogP contribution in [0.5, 0.6) is 0 Å². The van der Waals surface area contributed by atoms with E-state index in [2.05, 4.69) is 103 Å². The minimum atomic E-state index is -2.33. The van der Waals surface area contributed by atoms with Crippen LogP contribution in [-0.2, 0) is 9.98 Å². The Morgan fingerprint density at radius 1 is 0.460 bits per heavy atom. The Kier molecular flexibility index (Phi) is 8.50. The molecule has 5 heteroatoms. The molecule has 7 aromatic rings. The van der Waals surface area contributed by atoms with Gasteiger partial charge in [-0.2, -0.15) is 0 Å². The Morgan fingerprint density at radius 2 is 0.980 bits per heavy atom. The Balaban J connectivity index is 1.16. The first-order chi connectivity index (χ1) is 24.4. The molecule has 0 radical (unpaired) electrons. The van der Waals surface area contributed by atoms with Crippen LogP contribution in [0.4, 0.5) is 0 Å². The first kappa shape index (κ1) is 32.0. The summed E-state index contributed by atoms with van der Waals surface area (Å²) in [5.41, 5.74) is 7.80. The lowest BCUT2D eigenvalue weighted by atomic mass is 9.65. The van der Waals surface area contributed by atoms with Crippen molar-refractivity contribution < 1.29 is 4.57 Å². The molecule has 6 aromatic carbocycles. The maximum Gasteiger partial charge on any atom is 0.164 e. The molecule has 4 nitrogen and oxygen atoms in total. The molecule has 0 bridgehead atoms. The number of hydrogen-bond donors (Lipinski definition) is 0. The fourth-order valence-electron chi connectivity index (χ4n) is 7.52. The SMILES string of the molecule is CP(C)(=O)c1cccc(-c2ccc(C3(c4ccc(-c5nc(-c6ccccc6)nc(-c6ccc7ccccc7c6)n5)cc4)CCCCC3)cc2)c1. The second-order valence-corrected chi connectivity index (χ2v) is 17.2. The van der Waals surface area contributed by atoms with Gasteiger partial charge in [-0.15, -0.1) is 0 Å². The quantitative estimate of drug-likeness (QED) is 0.159. The van der Waals surface area contributed by atoms with Gasteiger partial charge < -0.3 is 4.57 Å². The molecule has 0 atom stereocenters. The van der Waals surface area contributed by atoms with Crippen molar-refractivity contribution in [2.75, 3.05) is 13.3 Å². The van der Waals surface area contributed by atoms with E-state index in [1.165, 1.54) is 35.8 Å². The lowest BCUT2D eigenvalue weighted by Gasteiger charge is -2.39. The molecule has 1 heterocycles. The molecule has 0 saturated heterocycles. The standard InChI is InChI=1S/C45H40N3OP/c1-50(2,49)41-17-11-16-37(31-41)33-20-24-39(25-21-33)45(28-9-4-10-29-45)40-26-22-35(23-27-40)43-46-42(34-13-5-3-6-14-34)47-44(48-43)38-19-18-32-12-7-8-15-36(32)30-38/h3,5-8,11-27,30-31H,4,9-10,28-29H2,1-2H3. The highest BCUT2D eigenvalue weighted by molar-refractivity contribution is 7.70. The first-order valence-corrected chi connectivity index (χ1v) is 20.1. The average molecular weight is 670 g/mol. The van der Waals surface area contributed by atoms with Crippen molar-refractivity contribution >= 4 is 23.2 Å². The summed E-state index contributed by atoms with van der Waals surface area (Å²) < 4.78 is 12.8. The zero-order valence-electron chi connectivity index (χ0n) is 28.6. The van der Waals surface area contributed by atoms with Gasteiger partial charge in [-0.05, 0) is 71.3 Å². The Morgan fingerprint density at radius 3 is 1.62 bits per heavy atom. The molecule has 0 amide bonds. The summed E-state index contributed by atoms with van der Waals surface area (Å²) in [4.78, 5) is 15.0. The van der Waals surface area contributed by atoms with E-state index in [1.807, 2.05) is 55.8 Å². The van der Waals surface area contributed by atoms with Crippen LogP contribution < -0.4 is 5.30 Å². The lowest BCUT2D eigenvalue weighted by molar-refractivity contribution is 0.346. The van der Waals surface area contributed by atoms with Crippen molar-refractivity contribution in [1.82, 2.24) is 15.0 Å². The fraction of sp³-hybridized carbons (Fsp3) is 0.178. The minimum absolute atomic E-state index is 0.0513. The van der Waals surface area contributed by atoms with Crippen LogP contribution in [0, 0.1) is 0 Å². The smallest absolute Gasteiger partial charge is 0.164 e. The van der Waals surface area contributed by atoms with Crippen molar-refractivity contribution in [1.29, 1.82) is 0 Å². The number of nitrogens with zero attached hydrogens (tertiary/aromatic N) is 3. The third-order valence-electron chi connectivity index (χ3n) is 10.3. The van der Waals surface area contributed by atoms with Crippen LogP contribution >= 0.6 is 7.14 Å². The highest BCUT2D eigenvalue weighted by Gasteiger charge is 2.35. The monoisotopic (exact) mass is 669 g/mol. The van der Waals surface area contributed by atoms with E-state index < -0.39 is 7.14 Å². The van der Waals surface area contributed by atoms with Crippen LogP contribution in [0.3, 0.4) is 0 Å². The molecule has 246 valence electrons. The molecule has 0 aliphatic heterocycles. The van der Waals surface area contributed by atoms with Gasteiger partial charge in [-0.25, -0.2) is 15.0 Å². The minimum Gasteiger partial charge on any atom is -0.319 e. The number of fused-ring (bicyclic) bond motifs is 1. The molecule has 1 fully saturated rings. The van der Waals surface area contributed by atoms with E-state index in [4.69, 9.17) is 15.0 Å². The molecule has 1 aliphatic rings. The number of benzene rings is 6. The topological polar surface area (TPSA) is 55.7 Å². The maximum atomic E-state index is 12.8. The second kappa shape index (κ2) is 13.3. The van der Waals surface area contributed by atoms with E-state index in [1.54, 1.807) is 0 Å². The lowest BCUT2D eigenvalue weighted by Crippen LogP contribution is -2.30. The molecule has 1 aromatic heterocycles. The third kappa shape index (κ3) is 6.32. The van der Waals surface area contributed by atoms with Gasteiger partial charge in [0.05, 0.1) is 0 Å². The van der Waals surface area contributed by atoms with Crippen molar-refractivity contribution in [3.8, 4) is 45.3 Å². The largest absolute Gasteiger partial charge is 0.319 e. The van der Waals surface area contributed by atoms with E-state index in [-0.39, 0.29) is 5.41 Å². The summed E-state index contributed by atoms with van der Waals surface area (Å²) in [5, 5.41) is 3.26. The Bertz CT molecular complexity index is 2340. The molecule has 50 heavy (non-hydrogen) atoms. The molecule has 0 unspecified atom stereocenters. The van der Waals surface area contributed by atoms with Crippen LogP contribution in [0.2, 0.25) is 0 Å². The first-order valence-electron chi connectivity index (χ1n) is 17.5. The van der Waals surface area contributed by atoms with Crippen LogP contribution in [0.25, 0.3) is 56.1 Å². The van der Waals surface area contributed by atoms with Gasteiger partial charge in [0.15, 0.2) is 17.5 Å². The predicted molar refractivity (Wildman–Crippen MR) is 208 cm³/mol. The summed E-state index contributed by atoms with van der Waals surface area (Å²) >= 11 is 0. The number of rotatable bonds is 7. The molecule has 0 spiro atoms. The molecular formula is C45H40N3OP. The van der Waals surface area contributed by atoms with Crippen molar-refractivity contribution in [3.63, 3.8) is 0 Å². The summed E-state index contributed by atoms with van der Waals surface area (Å²) in [6.45, 7) is 3.67. The van der Waals surface area contributed by atoms with Gasteiger partial charge in [-0.3, -0.25) is 0 Å². The Hall–Kier alpha value is -5.18. The second-order valence-electron chi connectivity index (χ2n) is 13.9. The summed E-state index contributed by atoms with van der Waals surface area (Å²) in [6, 6.07) is 51.1. The molecule has 1 aliphatic carbocycles. The summed E-state index contributed by atoms with van der Waals surface area (Å²) in [5.74, 6) is 2.00. The van der Waals surface area contributed by atoms with Gasteiger partial charge >= 0.3 is 0 Å². The van der Waals surface area contributed by atoms with Crippen LogP contribution in [0.15, 0.2) is 146 Å². The Labute approximate surface area is 294 Å². The highest BCUT2D eigenvalue weighted by atomic mass is 31.2.